The molecule has 1 rings (SSSR count). The zero-order valence-electron chi connectivity index (χ0n) is 11.7. The summed E-state index contributed by atoms with van der Waals surface area (Å²) >= 11 is 0. The van der Waals surface area contributed by atoms with Crippen LogP contribution in [0.5, 0.6) is 0 Å². The van der Waals surface area contributed by atoms with Crippen LogP contribution in [0.3, 0.4) is 0 Å². The van der Waals surface area contributed by atoms with Crippen molar-refractivity contribution in [1.29, 1.82) is 0 Å². The van der Waals surface area contributed by atoms with Gasteiger partial charge >= 0.3 is 6.55 Å². The maximum absolute atomic E-state index is 12.6. The molecule has 0 amide bonds. The fourth-order valence-electron chi connectivity index (χ4n) is 1.33. The van der Waals surface area contributed by atoms with Crippen LogP contribution in [0.4, 0.5) is 8.78 Å². The van der Waals surface area contributed by atoms with Crippen molar-refractivity contribution < 1.29 is 13.2 Å². The number of alkyl halides is 2. The molecule has 1 aromatic rings. The van der Waals surface area contributed by atoms with Crippen molar-refractivity contribution in [3.05, 3.63) is 18.2 Å². The van der Waals surface area contributed by atoms with Crippen LogP contribution in [0.25, 0.3) is 0 Å². The zero-order valence-corrected chi connectivity index (χ0v) is 12.7. The standard InChI is InChI=1S/C12H22F2N2OSi/c1-12(2,3)18(4,5)17-9-6-10-15-7-8-16(10)11(13)14/h7-8,11H,6,9H2,1-5H3. The van der Waals surface area contributed by atoms with E-state index in [4.69, 9.17) is 4.43 Å². The largest absolute Gasteiger partial charge is 0.416 e. The van der Waals surface area contributed by atoms with E-state index in [1.165, 1.54) is 12.4 Å². The molecule has 6 heteroatoms. The van der Waals surface area contributed by atoms with Crippen molar-refractivity contribution in [2.45, 2.75) is 51.9 Å². The zero-order chi connectivity index (χ0) is 14.0. The normalized spacial score (nSPS) is 13.3. The second kappa shape index (κ2) is 5.48. The molecule has 0 bridgehead atoms. The third kappa shape index (κ3) is 3.62. The highest BCUT2D eigenvalue weighted by Gasteiger charge is 2.36. The van der Waals surface area contributed by atoms with Crippen LogP contribution in [0.1, 0.15) is 33.1 Å². The minimum atomic E-state index is -2.53. The molecule has 1 heterocycles. The first kappa shape index (κ1) is 15.3. The first-order valence-corrected chi connectivity index (χ1v) is 9.00. The molecule has 0 saturated carbocycles. The molecular weight excluding hydrogens is 254 g/mol. The Morgan fingerprint density at radius 3 is 2.50 bits per heavy atom. The summed E-state index contributed by atoms with van der Waals surface area (Å²) in [5.74, 6) is 0.378. The molecule has 0 aromatic carbocycles. The van der Waals surface area contributed by atoms with Gasteiger partial charge in [0.25, 0.3) is 0 Å². The summed E-state index contributed by atoms with van der Waals surface area (Å²) in [7, 11) is -1.81. The molecule has 0 atom stereocenters. The Bertz CT molecular complexity index is 386. The average molecular weight is 276 g/mol. The molecule has 0 aliphatic carbocycles. The Balaban J connectivity index is 2.54. The van der Waals surface area contributed by atoms with E-state index in [1.54, 1.807) is 0 Å². The summed E-state index contributed by atoms with van der Waals surface area (Å²) < 4.78 is 32.0. The lowest BCUT2D eigenvalue weighted by Crippen LogP contribution is -2.41. The number of hydrogen-bond acceptors (Lipinski definition) is 2. The highest BCUT2D eigenvalue weighted by atomic mass is 28.4. The van der Waals surface area contributed by atoms with Crippen molar-refractivity contribution in [2.24, 2.45) is 0 Å². The summed E-state index contributed by atoms with van der Waals surface area (Å²) in [6, 6.07) is 0. The lowest BCUT2D eigenvalue weighted by Gasteiger charge is -2.36. The molecule has 104 valence electrons. The molecule has 0 spiro atoms. The Hall–Kier alpha value is -0.753. The fraction of sp³-hybridized carbons (Fsp3) is 0.750. The van der Waals surface area contributed by atoms with Gasteiger partial charge in [0.15, 0.2) is 8.32 Å². The molecule has 0 radical (unpaired) electrons. The predicted molar refractivity (Wildman–Crippen MR) is 70.3 cm³/mol. The maximum Gasteiger partial charge on any atom is 0.319 e. The van der Waals surface area contributed by atoms with E-state index in [1.807, 2.05) is 0 Å². The van der Waals surface area contributed by atoms with Gasteiger partial charge in [0.1, 0.15) is 5.82 Å². The van der Waals surface area contributed by atoms with E-state index in [9.17, 15) is 8.78 Å². The lowest BCUT2D eigenvalue weighted by atomic mass is 10.2. The molecule has 0 aliphatic heterocycles. The van der Waals surface area contributed by atoms with E-state index in [-0.39, 0.29) is 5.04 Å². The number of rotatable bonds is 5. The Kier molecular flexibility index (Phi) is 4.66. The third-order valence-corrected chi connectivity index (χ3v) is 8.09. The van der Waals surface area contributed by atoms with E-state index < -0.39 is 14.9 Å². The minimum Gasteiger partial charge on any atom is -0.416 e. The van der Waals surface area contributed by atoms with Crippen molar-refractivity contribution in [3.8, 4) is 0 Å². The van der Waals surface area contributed by atoms with Crippen LogP contribution < -0.4 is 0 Å². The monoisotopic (exact) mass is 276 g/mol. The van der Waals surface area contributed by atoms with Gasteiger partial charge in [-0.3, -0.25) is 4.57 Å². The van der Waals surface area contributed by atoms with Gasteiger partial charge in [-0.2, -0.15) is 8.78 Å². The maximum atomic E-state index is 12.6. The first-order chi connectivity index (χ1) is 8.15. The number of imidazole rings is 1. The Morgan fingerprint density at radius 1 is 1.39 bits per heavy atom. The van der Waals surface area contributed by atoms with Crippen molar-refractivity contribution >= 4 is 8.32 Å². The van der Waals surface area contributed by atoms with E-state index in [2.05, 4.69) is 38.8 Å². The van der Waals surface area contributed by atoms with Gasteiger partial charge in [-0.25, -0.2) is 4.98 Å². The molecule has 0 saturated heterocycles. The lowest BCUT2D eigenvalue weighted by molar-refractivity contribution is 0.0663. The molecule has 0 N–H and O–H groups in total. The number of halogens is 2. The molecule has 18 heavy (non-hydrogen) atoms. The van der Waals surface area contributed by atoms with Crippen molar-refractivity contribution in [3.63, 3.8) is 0 Å². The highest BCUT2D eigenvalue weighted by molar-refractivity contribution is 6.74. The quantitative estimate of drug-likeness (QED) is 0.764. The average Bonchev–Trinajstić information content (AvgIpc) is 2.63. The minimum absolute atomic E-state index is 0.130. The second-order valence-corrected chi connectivity index (χ2v) is 10.7. The van der Waals surface area contributed by atoms with E-state index in [0.29, 0.717) is 18.9 Å². The molecule has 0 fully saturated rings. The molecule has 3 nitrogen and oxygen atoms in total. The molecule has 0 aliphatic rings. The van der Waals surface area contributed by atoms with Gasteiger partial charge in [0, 0.05) is 25.4 Å². The number of aromatic nitrogens is 2. The van der Waals surface area contributed by atoms with Crippen LogP contribution in [0.15, 0.2) is 12.4 Å². The van der Waals surface area contributed by atoms with Crippen molar-refractivity contribution in [2.75, 3.05) is 6.61 Å². The molecular formula is C12H22F2N2OSi. The van der Waals surface area contributed by atoms with Crippen LogP contribution >= 0.6 is 0 Å². The first-order valence-electron chi connectivity index (χ1n) is 6.09. The predicted octanol–water partition coefficient (Wildman–Crippen LogP) is 3.84. The number of hydrogen-bond donors (Lipinski definition) is 0. The van der Waals surface area contributed by atoms with Crippen LogP contribution in [-0.2, 0) is 10.8 Å². The second-order valence-electron chi connectivity index (χ2n) is 5.89. The van der Waals surface area contributed by atoms with Crippen molar-refractivity contribution in [1.82, 2.24) is 9.55 Å². The summed E-state index contributed by atoms with van der Waals surface area (Å²) in [6.07, 6.45) is 3.12. The van der Waals surface area contributed by atoms with E-state index >= 15 is 0 Å². The Morgan fingerprint density at radius 2 is 2.00 bits per heavy atom. The topological polar surface area (TPSA) is 27.1 Å². The van der Waals surface area contributed by atoms with Crippen LogP contribution in [-0.4, -0.2) is 24.5 Å². The van der Waals surface area contributed by atoms with Crippen LogP contribution in [0.2, 0.25) is 18.1 Å². The molecule has 1 aromatic heterocycles. The van der Waals surface area contributed by atoms with E-state index in [0.717, 1.165) is 4.57 Å². The van der Waals surface area contributed by atoms with Gasteiger partial charge in [-0.1, -0.05) is 20.8 Å². The van der Waals surface area contributed by atoms with Gasteiger partial charge in [-0.15, -0.1) is 0 Å². The van der Waals surface area contributed by atoms with Gasteiger partial charge < -0.3 is 4.43 Å². The van der Waals surface area contributed by atoms with Gasteiger partial charge in [0.05, 0.1) is 0 Å². The summed E-state index contributed by atoms with van der Waals surface area (Å²) in [5.41, 5.74) is 0. The SMILES string of the molecule is CC(C)(C)[Si](C)(C)OCCc1nccn1C(F)F. The summed E-state index contributed by atoms with van der Waals surface area (Å²) in [5, 5.41) is 0.130. The fourth-order valence-corrected chi connectivity index (χ4v) is 2.37. The summed E-state index contributed by atoms with van der Waals surface area (Å²) in [4.78, 5) is 3.94. The smallest absolute Gasteiger partial charge is 0.319 e. The number of nitrogens with zero attached hydrogens (tertiary/aromatic N) is 2. The third-order valence-electron chi connectivity index (χ3n) is 3.55. The summed E-state index contributed by atoms with van der Waals surface area (Å²) in [6.45, 7) is 8.66. The Labute approximate surface area is 108 Å². The molecule has 0 unspecified atom stereocenters. The van der Waals surface area contributed by atoms with Crippen LogP contribution in [0, 0.1) is 0 Å². The highest BCUT2D eigenvalue weighted by Crippen LogP contribution is 2.36. The van der Waals surface area contributed by atoms with Gasteiger partial charge in [-0.05, 0) is 18.1 Å². The van der Waals surface area contributed by atoms with Gasteiger partial charge in [0.2, 0.25) is 0 Å².